The van der Waals surface area contributed by atoms with E-state index >= 15 is 0 Å². The van der Waals surface area contributed by atoms with Crippen molar-refractivity contribution in [1.29, 1.82) is 0 Å². The number of hydrogen-bond acceptors (Lipinski definition) is 3. The van der Waals surface area contributed by atoms with Crippen molar-refractivity contribution in [2.45, 2.75) is 77.8 Å². The molecule has 0 aliphatic carbocycles. The number of hydrogen-bond donors (Lipinski definition) is 1. The van der Waals surface area contributed by atoms with Gasteiger partial charge in [0.05, 0.1) is 7.11 Å². The van der Waals surface area contributed by atoms with E-state index in [4.69, 9.17) is 10.6 Å². The first-order valence-corrected chi connectivity index (χ1v) is 6.86. The van der Waals surface area contributed by atoms with Gasteiger partial charge in [-0.25, -0.2) is 0 Å². The van der Waals surface area contributed by atoms with E-state index in [1.807, 2.05) is 0 Å². The summed E-state index contributed by atoms with van der Waals surface area (Å²) in [6, 6.07) is 0. The number of unbranched alkanes of at least 4 members (excludes halogenated alkanes) is 1. The van der Waals surface area contributed by atoms with Gasteiger partial charge in [0.15, 0.2) is 0 Å². The molecule has 1 rings (SSSR count). The molecular formula is C14H32N2O. The zero-order valence-electron chi connectivity index (χ0n) is 12.7. The lowest BCUT2D eigenvalue weighted by molar-refractivity contribution is -0.263. The van der Waals surface area contributed by atoms with Crippen LogP contribution in [-0.4, -0.2) is 29.8 Å². The van der Waals surface area contributed by atoms with Crippen molar-refractivity contribution in [2.75, 3.05) is 13.7 Å². The zero-order chi connectivity index (χ0) is 13.5. The van der Waals surface area contributed by atoms with Gasteiger partial charge in [0.2, 0.25) is 0 Å². The number of nitrogens with two attached hydrogens (primary N) is 1. The van der Waals surface area contributed by atoms with E-state index < -0.39 is 0 Å². The zero-order valence-corrected chi connectivity index (χ0v) is 12.7. The molecule has 3 heteroatoms. The van der Waals surface area contributed by atoms with Gasteiger partial charge in [0.1, 0.15) is 0 Å². The van der Waals surface area contributed by atoms with Crippen LogP contribution in [-0.2, 0) is 4.84 Å². The van der Waals surface area contributed by atoms with Crippen LogP contribution in [0.25, 0.3) is 0 Å². The average molecular weight is 244 g/mol. The lowest BCUT2D eigenvalue weighted by atomic mass is 9.82. The molecule has 1 aliphatic rings. The molecule has 0 radical (unpaired) electrons. The minimum atomic E-state index is 0.191. The van der Waals surface area contributed by atoms with E-state index in [0.717, 1.165) is 6.54 Å². The van der Waals surface area contributed by atoms with E-state index in [1.165, 1.54) is 32.1 Å². The lowest BCUT2D eigenvalue weighted by Gasteiger charge is -2.50. The fourth-order valence-electron chi connectivity index (χ4n) is 2.67. The van der Waals surface area contributed by atoms with Crippen LogP contribution in [0.1, 0.15) is 66.7 Å². The maximum Gasteiger partial charge on any atom is 0.0575 e. The second kappa shape index (κ2) is 7.34. The van der Waals surface area contributed by atoms with Crippen LogP contribution < -0.4 is 5.73 Å². The van der Waals surface area contributed by atoms with Crippen molar-refractivity contribution in [3.63, 3.8) is 0 Å². The highest BCUT2D eigenvalue weighted by molar-refractivity contribution is 4.92. The highest BCUT2D eigenvalue weighted by Gasteiger charge is 2.41. The quantitative estimate of drug-likeness (QED) is 0.827. The molecule has 0 spiro atoms. The third kappa shape index (κ3) is 5.36. The average Bonchev–Trinajstić information content (AvgIpc) is 2.17. The van der Waals surface area contributed by atoms with Gasteiger partial charge in [-0.05, 0) is 59.9 Å². The molecule has 1 fully saturated rings. The molecule has 0 atom stereocenters. The fraction of sp³-hybridized carbons (Fsp3) is 1.00. The van der Waals surface area contributed by atoms with Crippen molar-refractivity contribution in [2.24, 2.45) is 5.73 Å². The van der Waals surface area contributed by atoms with Crippen molar-refractivity contribution in [3.8, 4) is 0 Å². The molecule has 0 aromatic rings. The third-order valence-electron chi connectivity index (χ3n) is 3.42. The first-order valence-electron chi connectivity index (χ1n) is 6.86. The van der Waals surface area contributed by atoms with Gasteiger partial charge in [0, 0.05) is 11.1 Å². The maximum atomic E-state index is 5.46. The number of piperidine rings is 1. The molecule has 104 valence electrons. The lowest BCUT2D eigenvalue weighted by Crippen LogP contribution is -2.57. The van der Waals surface area contributed by atoms with Crippen molar-refractivity contribution in [3.05, 3.63) is 0 Å². The van der Waals surface area contributed by atoms with E-state index in [2.05, 4.69) is 39.7 Å². The molecule has 0 aromatic heterocycles. The van der Waals surface area contributed by atoms with Crippen LogP contribution >= 0.6 is 0 Å². The Morgan fingerprint density at radius 2 is 1.59 bits per heavy atom. The Hall–Kier alpha value is -0.120. The molecule has 2 N–H and O–H groups in total. The molecule has 0 saturated carbocycles. The molecule has 1 aliphatic heterocycles. The highest BCUT2D eigenvalue weighted by atomic mass is 16.7. The SMILES string of the molecule is CCCCN.CON1C(C)(C)CCCC1(C)C. The largest absolute Gasteiger partial charge is 0.330 e. The number of hydroxylamine groups is 2. The van der Waals surface area contributed by atoms with Crippen molar-refractivity contribution in [1.82, 2.24) is 5.06 Å². The summed E-state index contributed by atoms with van der Waals surface area (Å²) in [6.45, 7) is 12.0. The summed E-state index contributed by atoms with van der Waals surface area (Å²) < 4.78 is 0. The summed E-state index contributed by atoms with van der Waals surface area (Å²) in [5.74, 6) is 0. The van der Waals surface area contributed by atoms with Gasteiger partial charge >= 0.3 is 0 Å². The van der Waals surface area contributed by atoms with Crippen LogP contribution in [0.4, 0.5) is 0 Å². The van der Waals surface area contributed by atoms with Gasteiger partial charge in [-0.2, -0.15) is 5.06 Å². The first kappa shape index (κ1) is 16.9. The van der Waals surface area contributed by atoms with E-state index in [1.54, 1.807) is 7.11 Å². The second-order valence-corrected chi connectivity index (χ2v) is 6.10. The van der Waals surface area contributed by atoms with Gasteiger partial charge < -0.3 is 10.6 Å². The van der Waals surface area contributed by atoms with Gasteiger partial charge in [0.25, 0.3) is 0 Å². The Labute approximate surface area is 108 Å². The molecule has 3 nitrogen and oxygen atoms in total. The molecule has 1 saturated heterocycles. The smallest absolute Gasteiger partial charge is 0.0575 e. The van der Waals surface area contributed by atoms with Gasteiger partial charge in [-0.3, -0.25) is 0 Å². The Morgan fingerprint density at radius 3 is 1.76 bits per heavy atom. The minimum absolute atomic E-state index is 0.191. The first-order chi connectivity index (χ1) is 7.81. The normalized spacial score (nSPS) is 22.8. The Bertz CT molecular complexity index is 184. The maximum absolute atomic E-state index is 5.46. The van der Waals surface area contributed by atoms with Gasteiger partial charge in [-0.15, -0.1) is 0 Å². The van der Waals surface area contributed by atoms with Crippen molar-refractivity contribution >= 4 is 0 Å². The minimum Gasteiger partial charge on any atom is -0.330 e. The second-order valence-electron chi connectivity index (χ2n) is 6.10. The van der Waals surface area contributed by atoms with Crippen LogP contribution in [0.5, 0.6) is 0 Å². The molecule has 0 amide bonds. The molecule has 0 bridgehead atoms. The molecule has 0 unspecified atom stereocenters. The topological polar surface area (TPSA) is 38.5 Å². The number of nitrogens with zero attached hydrogens (tertiary/aromatic N) is 1. The number of rotatable bonds is 3. The van der Waals surface area contributed by atoms with E-state index in [0.29, 0.717) is 0 Å². The summed E-state index contributed by atoms with van der Waals surface area (Å²) in [5.41, 5.74) is 5.52. The van der Waals surface area contributed by atoms with Crippen LogP contribution in [0.15, 0.2) is 0 Å². The van der Waals surface area contributed by atoms with E-state index in [9.17, 15) is 0 Å². The van der Waals surface area contributed by atoms with Crippen LogP contribution in [0.3, 0.4) is 0 Å². The summed E-state index contributed by atoms with van der Waals surface area (Å²) in [6.07, 6.45) is 6.14. The monoisotopic (exact) mass is 244 g/mol. The predicted molar refractivity (Wildman–Crippen MR) is 74.8 cm³/mol. The summed E-state index contributed by atoms with van der Waals surface area (Å²) in [5, 5.41) is 2.14. The van der Waals surface area contributed by atoms with E-state index in [-0.39, 0.29) is 11.1 Å². The third-order valence-corrected chi connectivity index (χ3v) is 3.42. The summed E-state index contributed by atoms with van der Waals surface area (Å²) in [7, 11) is 1.77. The molecule has 1 heterocycles. The molecule has 17 heavy (non-hydrogen) atoms. The Kier molecular flexibility index (Phi) is 7.29. The van der Waals surface area contributed by atoms with Crippen LogP contribution in [0, 0.1) is 0 Å². The van der Waals surface area contributed by atoms with Crippen LogP contribution in [0.2, 0.25) is 0 Å². The standard InChI is InChI=1S/C10H21NO.C4H11N/c1-9(2)7-6-8-10(3,4)11(9)12-5;1-2-3-4-5/h6-8H2,1-5H3;2-5H2,1H3. The highest BCUT2D eigenvalue weighted by Crippen LogP contribution is 2.37. The Morgan fingerprint density at radius 1 is 1.12 bits per heavy atom. The summed E-state index contributed by atoms with van der Waals surface area (Å²) in [4.78, 5) is 5.46. The fourth-order valence-corrected chi connectivity index (χ4v) is 2.67. The van der Waals surface area contributed by atoms with Gasteiger partial charge in [-0.1, -0.05) is 13.3 Å². The molecular weight excluding hydrogens is 212 g/mol. The molecule has 0 aromatic carbocycles. The summed E-state index contributed by atoms with van der Waals surface area (Å²) >= 11 is 0. The Balaban J connectivity index is 0.000000437. The van der Waals surface area contributed by atoms with Crippen molar-refractivity contribution < 1.29 is 4.84 Å². The predicted octanol–water partition coefficient (Wildman–Crippen LogP) is 3.34.